The molecular weight excluding hydrogens is 358 g/mol. The minimum Gasteiger partial charge on any atom is -0.459 e. The first kappa shape index (κ1) is 19.5. The van der Waals surface area contributed by atoms with E-state index in [9.17, 15) is 9.59 Å². The number of carbonyl (C=O) groups excluding carboxylic acids is 2. The lowest BCUT2D eigenvalue weighted by Crippen LogP contribution is -2.53. The molecule has 7 nitrogen and oxygen atoms in total. The number of nitrogens with one attached hydrogen (secondary N) is 1. The van der Waals surface area contributed by atoms with Crippen LogP contribution in [0.4, 0.5) is 0 Å². The number of amides is 2. The third-order valence-corrected chi connectivity index (χ3v) is 6.23. The van der Waals surface area contributed by atoms with Crippen molar-refractivity contribution in [3.8, 4) is 0 Å². The van der Waals surface area contributed by atoms with Crippen LogP contribution in [0.1, 0.15) is 49.1 Å². The van der Waals surface area contributed by atoms with Crippen LogP contribution in [0, 0.1) is 5.92 Å². The molecule has 1 aromatic heterocycles. The summed E-state index contributed by atoms with van der Waals surface area (Å²) in [5.41, 5.74) is 0. The average molecular weight is 389 g/mol. The van der Waals surface area contributed by atoms with Crippen LogP contribution in [0.25, 0.3) is 0 Å². The standard InChI is InChI=1S/C21H31N3O4/c25-20(19-2-1-13-28-19)22-9-12-24(18-7-14-27-15-8-18)17-5-10-23(11-6-17)21(26)16-3-4-16/h1-2,13,16-18H,3-12,14-15H2,(H,22,25). The van der Waals surface area contributed by atoms with Gasteiger partial charge in [0.25, 0.3) is 5.91 Å². The Morgan fingerprint density at radius 2 is 1.79 bits per heavy atom. The molecule has 0 aromatic carbocycles. The Kier molecular flexibility index (Phi) is 6.32. The molecule has 0 unspecified atom stereocenters. The van der Waals surface area contributed by atoms with Gasteiger partial charge in [-0.1, -0.05) is 0 Å². The number of furan rings is 1. The third kappa shape index (κ3) is 4.75. The van der Waals surface area contributed by atoms with E-state index in [4.69, 9.17) is 9.15 Å². The largest absolute Gasteiger partial charge is 0.459 e. The van der Waals surface area contributed by atoms with Crippen LogP contribution in [-0.2, 0) is 9.53 Å². The monoisotopic (exact) mass is 389 g/mol. The van der Waals surface area contributed by atoms with Gasteiger partial charge in [0.15, 0.2) is 5.76 Å². The highest BCUT2D eigenvalue weighted by Gasteiger charge is 2.37. The maximum atomic E-state index is 12.3. The Labute approximate surface area is 166 Å². The normalized spacial score (nSPS) is 21.8. The molecule has 3 heterocycles. The first-order chi connectivity index (χ1) is 13.7. The smallest absolute Gasteiger partial charge is 0.287 e. The van der Waals surface area contributed by atoms with Gasteiger partial charge in [-0.15, -0.1) is 0 Å². The van der Waals surface area contributed by atoms with E-state index in [2.05, 4.69) is 15.1 Å². The Balaban J connectivity index is 1.31. The van der Waals surface area contributed by atoms with E-state index < -0.39 is 0 Å². The van der Waals surface area contributed by atoms with E-state index in [1.54, 1.807) is 12.1 Å². The van der Waals surface area contributed by atoms with Crippen LogP contribution >= 0.6 is 0 Å². The summed E-state index contributed by atoms with van der Waals surface area (Å²) < 4.78 is 10.7. The Morgan fingerprint density at radius 3 is 2.43 bits per heavy atom. The molecule has 2 amide bonds. The maximum absolute atomic E-state index is 12.3. The molecule has 0 bridgehead atoms. The fraction of sp³-hybridized carbons (Fsp3) is 0.714. The first-order valence-corrected chi connectivity index (χ1v) is 10.7. The summed E-state index contributed by atoms with van der Waals surface area (Å²) in [5, 5.41) is 2.97. The highest BCUT2D eigenvalue weighted by atomic mass is 16.5. The van der Waals surface area contributed by atoms with E-state index in [-0.39, 0.29) is 5.91 Å². The molecular formula is C21H31N3O4. The van der Waals surface area contributed by atoms with Crippen molar-refractivity contribution in [1.82, 2.24) is 15.1 Å². The van der Waals surface area contributed by atoms with Crippen molar-refractivity contribution < 1.29 is 18.7 Å². The summed E-state index contributed by atoms with van der Waals surface area (Å²) in [4.78, 5) is 29.1. The molecule has 0 radical (unpaired) electrons. The van der Waals surface area contributed by atoms with Gasteiger partial charge in [0.2, 0.25) is 5.91 Å². The summed E-state index contributed by atoms with van der Waals surface area (Å²) in [5.74, 6) is 0.855. The van der Waals surface area contributed by atoms with Crippen LogP contribution in [0.3, 0.4) is 0 Å². The summed E-state index contributed by atoms with van der Waals surface area (Å²) >= 11 is 0. The number of ether oxygens (including phenoxy) is 1. The van der Waals surface area contributed by atoms with Gasteiger partial charge in [-0.05, 0) is 50.7 Å². The number of carbonyl (C=O) groups is 2. The lowest BCUT2D eigenvalue weighted by atomic mass is 9.97. The zero-order chi connectivity index (χ0) is 19.3. The average Bonchev–Trinajstić information content (AvgIpc) is 3.45. The van der Waals surface area contributed by atoms with Crippen molar-refractivity contribution in [3.63, 3.8) is 0 Å². The fourth-order valence-electron chi connectivity index (χ4n) is 4.48. The Morgan fingerprint density at radius 1 is 1.07 bits per heavy atom. The van der Waals surface area contributed by atoms with Gasteiger partial charge in [0, 0.05) is 57.4 Å². The predicted octanol–water partition coefficient (Wildman–Crippen LogP) is 1.89. The van der Waals surface area contributed by atoms with Crippen LogP contribution in [0.2, 0.25) is 0 Å². The third-order valence-electron chi connectivity index (χ3n) is 6.23. The predicted molar refractivity (Wildman–Crippen MR) is 104 cm³/mol. The van der Waals surface area contributed by atoms with Crippen molar-refractivity contribution in [2.75, 3.05) is 39.4 Å². The van der Waals surface area contributed by atoms with E-state index in [1.807, 2.05) is 0 Å². The summed E-state index contributed by atoms with van der Waals surface area (Å²) in [7, 11) is 0. The molecule has 2 aliphatic heterocycles. The lowest BCUT2D eigenvalue weighted by Gasteiger charge is -2.43. The highest BCUT2D eigenvalue weighted by molar-refractivity contribution is 5.91. The number of hydrogen-bond donors (Lipinski definition) is 1. The van der Waals surface area contributed by atoms with Crippen LogP contribution in [-0.4, -0.2) is 73.1 Å². The van der Waals surface area contributed by atoms with Crippen molar-refractivity contribution in [2.24, 2.45) is 5.92 Å². The molecule has 0 atom stereocenters. The molecule has 4 rings (SSSR count). The van der Waals surface area contributed by atoms with Gasteiger partial charge < -0.3 is 19.4 Å². The number of rotatable bonds is 7. The number of likely N-dealkylation sites (tertiary alicyclic amines) is 1. The van der Waals surface area contributed by atoms with Gasteiger partial charge in [0.05, 0.1) is 6.26 Å². The second kappa shape index (κ2) is 9.09. The summed E-state index contributed by atoms with van der Waals surface area (Å²) in [6.07, 6.45) is 7.76. The number of hydrogen-bond acceptors (Lipinski definition) is 5. The number of piperidine rings is 1. The molecule has 1 N–H and O–H groups in total. The van der Waals surface area contributed by atoms with Crippen molar-refractivity contribution in [1.29, 1.82) is 0 Å². The molecule has 2 saturated heterocycles. The molecule has 1 aromatic rings. The first-order valence-electron chi connectivity index (χ1n) is 10.7. The van der Waals surface area contributed by atoms with Gasteiger partial charge >= 0.3 is 0 Å². The molecule has 0 spiro atoms. The quantitative estimate of drug-likeness (QED) is 0.771. The van der Waals surface area contributed by atoms with E-state index >= 15 is 0 Å². The second-order valence-electron chi connectivity index (χ2n) is 8.15. The van der Waals surface area contributed by atoms with Gasteiger partial charge in [-0.2, -0.15) is 0 Å². The van der Waals surface area contributed by atoms with E-state index in [1.165, 1.54) is 6.26 Å². The molecule has 1 aliphatic carbocycles. The molecule has 3 aliphatic rings. The van der Waals surface area contributed by atoms with E-state index in [0.717, 1.165) is 71.4 Å². The summed E-state index contributed by atoms with van der Waals surface area (Å²) in [6, 6.07) is 4.36. The molecule has 28 heavy (non-hydrogen) atoms. The zero-order valence-electron chi connectivity index (χ0n) is 16.5. The molecule has 7 heteroatoms. The molecule has 1 saturated carbocycles. The van der Waals surface area contributed by atoms with Crippen LogP contribution in [0.15, 0.2) is 22.8 Å². The topological polar surface area (TPSA) is 75.0 Å². The minimum absolute atomic E-state index is 0.165. The Hall–Kier alpha value is -1.86. The van der Waals surface area contributed by atoms with Crippen LogP contribution in [0.5, 0.6) is 0 Å². The molecule has 3 fully saturated rings. The minimum atomic E-state index is -0.165. The van der Waals surface area contributed by atoms with Gasteiger partial charge in [-0.3, -0.25) is 14.5 Å². The van der Waals surface area contributed by atoms with E-state index in [0.29, 0.717) is 36.2 Å². The van der Waals surface area contributed by atoms with Gasteiger partial charge in [-0.25, -0.2) is 0 Å². The maximum Gasteiger partial charge on any atom is 0.287 e. The van der Waals surface area contributed by atoms with Gasteiger partial charge in [0.1, 0.15) is 0 Å². The van der Waals surface area contributed by atoms with Crippen LogP contribution < -0.4 is 5.32 Å². The van der Waals surface area contributed by atoms with Crippen molar-refractivity contribution >= 4 is 11.8 Å². The van der Waals surface area contributed by atoms with Crippen molar-refractivity contribution in [3.05, 3.63) is 24.2 Å². The SMILES string of the molecule is O=C(NCCN(C1CCOCC1)C1CCN(C(=O)C2CC2)CC1)c1ccco1. The Bertz CT molecular complexity index is 645. The summed E-state index contributed by atoms with van der Waals surface area (Å²) in [6.45, 7) is 4.74. The molecule has 154 valence electrons. The lowest BCUT2D eigenvalue weighted by molar-refractivity contribution is -0.134. The fourth-order valence-corrected chi connectivity index (χ4v) is 4.48. The second-order valence-corrected chi connectivity index (χ2v) is 8.15. The zero-order valence-corrected chi connectivity index (χ0v) is 16.5. The number of nitrogens with zero attached hydrogens (tertiary/aromatic N) is 2. The highest BCUT2D eigenvalue weighted by Crippen LogP contribution is 2.32. The van der Waals surface area contributed by atoms with Crippen molar-refractivity contribution in [2.45, 2.75) is 50.6 Å².